The van der Waals surface area contributed by atoms with Crippen molar-refractivity contribution in [1.29, 1.82) is 0 Å². The normalized spacial score (nSPS) is 10.6. The van der Waals surface area contributed by atoms with Gasteiger partial charge in [0.05, 0.1) is 18.2 Å². The van der Waals surface area contributed by atoms with E-state index in [0.29, 0.717) is 0 Å². The van der Waals surface area contributed by atoms with Gasteiger partial charge in [-0.3, -0.25) is 10.1 Å². The molecule has 0 aliphatic carbocycles. The summed E-state index contributed by atoms with van der Waals surface area (Å²) < 4.78 is 30.0. The summed E-state index contributed by atoms with van der Waals surface area (Å²) in [5, 5.41) is 10.7. The molecule has 0 atom stereocenters. The molecule has 0 aliphatic rings. The number of methoxy groups -OCH3 is 1. The number of nitrogens with zero attached hydrogens (tertiary/aromatic N) is 2. The molecule has 0 unspecified atom stereocenters. The van der Waals surface area contributed by atoms with E-state index in [-0.39, 0.29) is 18.0 Å². The van der Waals surface area contributed by atoms with Gasteiger partial charge in [0, 0.05) is 6.54 Å². The van der Waals surface area contributed by atoms with Crippen molar-refractivity contribution in [2.24, 2.45) is 5.73 Å². The summed E-state index contributed by atoms with van der Waals surface area (Å²) >= 11 is 0. The zero-order chi connectivity index (χ0) is 12.3. The third kappa shape index (κ3) is 2.06. The quantitative estimate of drug-likeness (QED) is 0.626. The summed E-state index contributed by atoms with van der Waals surface area (Å²) in [6, 6.07) is 0. The van der Waals surface area contributed by atoms with Crippen LogP contribution in [-0.2, 0) is 6.54 Å². The van der Waals surface area contributed by atoms with Gasteiger partial charge in [0.15, 0.2) is 5.75 Å². The molecule has 6 nitrogen and oxygen atoms in total. The monoisotopic (exact) mass is 233 g/mol. The highest BCUT2D eigenvalue weighted by Crippen LogP contribution is 2.37. The maximum Gasteiger partial charge on any atom is 0.304 e. The SMILES string of the molecule is COc1cnc(CN)c([N+](=O)[O-])c1C(F)F. The van der Waals surface area contributed by atoms with Crippen LogP contribution in [0.5, 0.6) is 5.75 Å². The zero-order valence-corrected chi connectivity index (χ0v) is 8.31. The Balaban J connectivity index is 3.53. The molecule has 0 aliphatic heterocycles. The van der Waals surface area contributed by atoms with Crippen LogP contribution in [0, 0.1) is 10.1 Å². The molecule has 0 bridgehead atoms. The van der Waals surface area contributed by atoms with E-state index in [1.165, 1.54) is 0 Å². The van der Waals surface area contributed by atoms with Gasteiger partial charge in [0.1, 0.15) is 11.3 Å². The number of halogens is 2. The average molecular weight is 233 g/mol. The molecule has 0 amide bonds. The minimum Gasteiger partial charge on any atom is -0.494 e. The van der Waals surface area contributed by atoms with Crippen molar-refractivity contribution in [3.05, 3.63) is 27.6 Å². The van der Waals surface area contributed by atoms with E-state index in [9.17, 15) is 18.9 Å². The Morgan fingerprint density at radius 1 is 1.69 bits per heavy atom. The molecule has 2 N–H and O–H groups in total. The van der Waals surface area contributed by atoms with Gasteiger partial charge >= 0.3 is 5.69 Å². The molecule has 88 valence electrons. The number of rotatable bonds is 4. The molecule has 8 heteroatoms. The number of alkyl halides is 2. The van der Waals surface area contributed by atoms with Crippen molar-refractivity contribution in [3.8, 4) is 5.75 Å². The van der Waals surface area contributed by atoms with E-state index >= 15 is 0 Å². The number of nitro groups is 1. The Morgan fingerprint density at radius 3 is 2.69 bits per heavy atom. The number of aromatic nitrogens is 1. The minimum atomic E-state index is -3.02. The molecule has 1 rings (SSSR count). The lowest BCUT2D eigenvalue weighted by atomic mass is 10.1. The van der Waals surface area contributed by atoms with Crippen molar-refractivity contribution in [1.82, 2.24) is 4.98 Å². The zero-order valence-electron chi connectivity index (χ0n) is 8.31. The van der Waals surface area contributed by atoms with E-state index in [1.54, 1.807) is 0 Å². The van der Waals surface area contributed by atoms with Gasteiger partial charge in [0.2, 0.25) is 0 Å². The number of pyridine rings is 1. The van der Waals surface area contributed by atoms with Crippen LogP contribution in [0.4, 0.5) is 14.5 Å². The fraction of sp³-hybridized carbons (Fsp3) is 0.375. The van der Waals surface area contributed by atoms with Crippen LogP contribution in [0.1, 0.15) is 17.7 Å². The van der Waals surface area contributed by atoms with Crippen LogP contribution in [0.2, 0.25) is 0 Å². The first-order valence-corrected chi connectivity index (χ1v) is 4.21. The number of hydrogen-bond donors (Lipinski definition) is 1. The van der Waals surface area contributed by atoms with Crippen molar-refractivity contribution in [3.63, 3.8) is 0 Å². The highest BCUT2D eigenvalue weighted by Gasteiger charge is 2.30. The second-order valence-electron chi connectivity index (χ2n) is 2.80. The van der Waals surface area contributed by atoms with Crippen molar-refractivity contribution >= 4 is 5.69 Å². The molecule has 1 heterocycles. The van der Waals surface area contributed by atoms with E-state index < -0.39 is 22.6 Å². The second kappa shape index (κ2) is 4.79. The lowest BCUT2D eigenvalue weighted by Crippen LogP contribution is -2.09. The first-order valence-electron chi connectivity index (χ1n) is 4.21. The van der Waals surface area contributed by atoms with Crippen LogP contribution in [0.25, 0.3) is 0 Å². The summed E-state index contributed by atoms with van der Waals surface area (Å²) in [6.07, 6.45) is -2.03. The van der Waals surface area contributed by atoms with E-state index in [4.69, 9.17) is 5.73 Å². The van der Waals surface area contributed by atoms with Gasteiger partial charge in [0.25, 0.3) is 6.43 Å². The predicted octanol–water partition coefficient (Wildman–Crippen LogP) is 1.39. The number of nitrogens with two attached hydrogens (primary N) is 1. The van der Waals surface area contributed by atoms with E-state index in [0.717, 1.165) is 13.3 Å². The van der Waals surface area contributed by atoms with Gasteiger partial charge in [-0.15, -0.1) is 0 Å². The summed E-state index contributed by atoms with van der Waals surface area (Å²) in [7, 11) is 1.13. The summed E-state index contributed by atoms with van der Waals surface area (Å²) in [5.74, 6) is -0.320. The fourth-order valence-electron chi connectivity index (χ4n) is 1.27. The molecular weight excluding hydrogens is 224 g/mol. The van der Waals surface area contributed by atoms with Crippen molar-refractivity contribution in [2.75, 3.05) is 7.11 Å². The molecule has 0 radical (unpaired) electrons. The van der Waals surface area contributed by atoms with Crippen molar-refractivity contribution < 1.29 is 18.4 Å². The number of hydrogen-bond acceptors (Lipinski definition) is 5. The van der Waals surface area contributed by atoms with Crippen LogP contribution < -0.4 is 10.5 Å². The molecule has 1 aromatic heterocycles. The van der Waals surface area contributed by atoms with Crippen LogP contribution in [0.3, 0.4) is 0 Å². The largest absolute Gasteiger partial charge is 0.494 e. The molecule has 0 spiro atoms. The fourth-order valence-corrected chi connectivity index (χ4v) is 1.27. The van der Waals surface area contributed by atoms with Gasteiger partial charge in [-0.05, 0) is 0 Å². The van der Waals surface area contributed by atoms with Crippen LogP contribution in [-0.4, -0.2) is 17.0 Å². The molecular formula is C8H9F2N3O3. The van der Waals surface area contributed by atoms with Gasteiger partial charge in [-0.1, -0.05) is 0 Å². The molecule has 0 fully saturated rings. The smallest absolute Gasteiger partial charge is 0.304 e. The Bertz CT molecular complexity index is 412. The minimum absolute atomic E-state index is 0.193. The predicted molar refractivity (Wildman–Crippen MR) is 50.3 cm³/mol. The standard InChI is InChI=1S/C8H9F2N3O3/c1-16-5-3-12-4(2-11)7(13(14)15)6(5)8(9)10/h3,8H,2,11H2,1H3. The molecule has 0 aromatic carbocycles. The lowest BCUT2D eigenvalue weighted by molar-refractivity contribution is -0.387. The van der Waals surface area contributed by atoms with Crippen LogP contribution in [0.15, 0.2) is 6.20 Å². The van der Waals surface area contributed by atoms with Gasteiger partial charge in [-0.25, -0.2) is 13.8 Å². The van der Waals surface area contributed by atoms with Crippen LogP contribution >= 0.6 is 0 Å². The third-order valence-corrected chi connectivity index (χ3v) is 1.95. The molecule has 1 aromatic rings. The summed E-state index contributed by atoms with van der Waals surface area (Å²) in [4.78, 5) is 13.4. The molecule has 0 saturated heterocycles. The van der Waals surface area contributed by atoms with Gasteiger partial charge < -0.3 is 10.5 Å². The first-order chi connectivity index (χ1) is 7.52. The first kappa shape index (κ1) is 12.2. The molecule has 0 saturated carbocycles. The Morgan fingerprint density at radius 2 is 2.31 bits per heavy atom. The highest BCUT2D eigenvalue weighted by molar-refractivity contribution is 5.52. The van der Waals surface area contributed by atoms with E-state index in [1.807, 2.05) is 0 Å². The maximum atomic E-state index is 12.7. The Kier molecular flexibility index (Phi) is 3.67. The topological polar surface area (TPSA) is 91.3 Å². The maximum absolute atomic E-state index is 12.7. The average Bonchev–Trinajstić information content (AvgIpc) is 2.26. The van der Waals surface area contributed by atoms with Gasteiger partial charge in [-0.2, -0.15) is 0 Å². The Hall–Kier alpha value is -1.83. The summed E-state index contributed by atoms with van der Waals surface area (Å²) in [6.45, 7) is -0.292. The third-order valence-electron chi connectivity index (χ3n) is 1.95. The van der Waals surface area contributed by atoms with Crippen molar-refractivity contribution in [2.45, 2.75) is 13.0 Å². The number of ether oxygens (including phenoxy) is 1. The lowest BCUT2D eigenvalue weighted by Gasteiger charge is -2.09. The van der Waals surface area contributed by atoms with E-state index in [2.05, 4.69) is 9.72 Å². The Labute approximate surface area is 89.2 Å². The summed E-state index contributed by atoms with van der Waals surface area (Å²) in [5.41, 5.74) is 3.43. The highest BCUT2D eigenvalue weighted by atomic mass is 19.3. The molecule has 16 heavy (non-hydrogen) atoms. The second-order valence-corrected chi connectivity index (χ2v) is 2.80.